The van der Waals surface area contributed by atoms with E-state index in [0.717, 1.165) is 43.1 Å². The molecule has 22 heavy (non-hydrogen) atoms. The van der Waals surface area contributed by atoms with Crippen LogP contribution in [0.1, 0.15) is 36.2 Å². The second kappa shape index (κ2) is 6.63. The summed E-state index contributed by atoms with van der Waals surface area (Å²) in [6.07, 6.45) is 4.17. The van der Waals surface area contributed by atoms with Crippen molar-refractivity contribution >= 4 is 28.4 Å². The minimum absolute atomic E-state index is 0.104. The van der Waals surface area contributed by atoms with Crippen LogP contribution in [-0.2, 0) is 0 Å². The summed E-state index contributed by atoms with van der Waals surface area (Å²) in [6, 6.07) is 9.33. The van der Waals surface area contributed by atoms with Crippen LogP contribution in [0.25, 0.3) is 10.9 Å². The lowest BCUT2D eigenvalue weighted by molar-refractivity contribution is 0.0918. The first kappa shape index (κ1) is 15.3. The maximum Gasteiger partial charge on any atom is 0.270 e. The van der Waals surface area contributed by atoms with E-state index in [0.29, 0.717) is 16.6 Å². The highest BCUT2D eigenvalue weighted by Crippen LogP contribution is 2.23. The topological polar surface area (TPSA) is 68.0 Å². The molecular weight excluding hydrogens is 298 g/mol. The van der Waals surface area contributed by atoms with Crippen molar-refractivity contribution in [1.29, 1.82) is 0 Å². The lowest BCUT2D eigenvalue weighted by Crippen LogP contribution is -2.38. The first-order valence-electron chi connectivity index (χ1n) is 7.73. The average Bonchev–Trinajstić information content (AvgIpc) is 2.55. The molecule has 116 valence electrons. The summed E-state index contributed by atoms with van der Waals surface area (Å²) in [7, 11) is 0. The van der Waals surface area contributed by atoms with Gasteiger partial charge in [0.05, 0.1) is 5.52 Å². The van der Waals surface area contributed by atoms with Gasteiger partial charge in [0.25, 0.3) is 5.91 Å². The third kappa shape index (κ3) is 3.39. The first-order chi connectivity index (χ1) is 10.7. The highest BCUT2D eigenvalue weighted by Gasteiger charge is 2.22. The molecule has 0 atom stereocenters. The van der Waals surface area contributed by atoms with Crippen LogP contribution in [0.2, 0.25) is 5.02 Å². The number of halogens is 1. The lowest BCUT2D eigenvalue weighted by Gasteiger charge is -2.28. The molecule has 0 saturated heterocycles. The van der Waals surface area contributed by atoms with Crippen LogP contribution in [0.4, 0.5) is 0 Å². The zero-order valence-corrected chi connectivity index (χ0v) is 13.1. The van der Waals surface area contributed by atoms with Gasteiger partial charge in [0, 0.05) is 16.5 Å². The van der Waals surface area contributed by atoms with Gasteiger partial charge in [-0.1, -0.05) is 17.7 Å². The average molecular weight is 318 g/mol. The fourth-order valence-corrected chi connectivity index (χ4v) is 3.21. The number of hydrogen-bond acceptors (Lipinski definition) is 3. The van der Waals surface area contributed by atoms with E-state index in [9.17, 15) is 4.79 Å². The monoisotopic (exact) mass is 317 g/mol. The van der Waals surface area contributed by atoms with Crippen molar-refractivity contribution in [2.45, 2.75) is 31.7 Å². The number of nitrogens with two attached hydrogens (primary N) is 1. The van der Waals surface area contributed by atoms with Crippen LogP contribution in [0.15, 0.2) is 30.3 Å². The molecule has 0 spiro atoms. The lowest BCUT2D eigenvalue weighted by atomic mass is 9.86. The fraction of sp³-hybridized carbons (Fsp3) is 0.412. The number of carbonyl (C=O) groups excluding carboxylic acids is 1. The molecule has 1 aliphatic rings. The van der Waals surface area contributed by atoms with E-state index in [1.54, 1.807) is 12.1 Å². The van der Waals surface area contributed by atoms with Gasteiger partial charge in [0.2, 0.25) is 0 Å². The van der Waals surface area contributed by atoms with E-state index >= 15 is 0 Å². The van der Waals surface area contributed by atoms with Gasteiger partial charge in [-0.25, -0.2) is 4.98 Å². The summed E-state index contributed by atoms with van der Waals surface area (Å²) in [5.74, 6) is 0.504. The molecule has 2 aromatic rings. The Morgan fingerprint density at radius 1 is 1.23 bits per heavy atom. The van der Waals surface area contributed by atoms with Crippen molar-refractivity contribution in [3.63, 3.8) is 0 Å². The van der Waals surface area contributed by atoms with Gasteiger partial charge >= 0.3 is 0 Å². The molecule has 5 heteroatoms. The number of aromatic nitrogens is 1. The molecule has 0 aliphatic heterocycles. The van der Waals surface area contributed by atoms with Crippen molar-refractivity contribution in [3.8, 4) is 0 Å². The van der Waals surface area contributed by atoms with E-state index in [-0.39, 0.29) is 11.9 Å². The van der Waals surface area contributed by atoms with Crippen molar-refractivity contribution in [2.24, 2.45) is 11.7 Å². The maximum atomic E-state index is 12.4. The molecule has 1 aliphatic carbocycles. The molecule has 0 bridgehead atoms. The van der Waals surface area contributed by atoms with E-state index in [1.165, 1.54) is 0 Å². The number of nitrogens with zero attached hydrogens (tertiary/aromatic N) is 1. The summed E-state index contributed by atoms with van der Waals surface area (Å²) >= 11 is 5.96. The van der Waals surface area contributed by atoms with E-state index < -0.39 is 0 Å². The van der Waals surface area contributed by atoms with Crippen LogP contribution >= 0.6 is 11.6 Å². The predicted octanol–water partition coefficient (Wildman–Crippen LogP) is 3.14. The number of nitrogens with one attached hydrogen (secondary N) is 1. The molecule has 1 aromatic heterocycles. The molecule has 1 saturated carbocycles. The summed E-state index contributed by atoms with van der Waals surface area (Å²) < 4.78 is 0. The van der Waals surface area contributed by atoms with E-state index in [4.69, 9.17) is 17.3 Å². The first-order valence-corrected chi connectivity index (χ1v) is 8.11. The summed E-state index contributed by atoms with van der Waals surface area (Å²) in [5, 5.41) is 4.69. The molecule has 3 N–H and O–H groups in total. The molecule has 0 unspecified atom stereocenters. The van der Waals surface area contributed by atoms with Crippen molar-refractivity contribution < 1.29 is 4.79 Å². The number of pyridine rings is 1. The Labute approximate surface area is 135 Å². The molecule has 1 aromatic carbocycles. The van der Waals surface area contributed by atoms with Gasteiger partial charge < -0.3 is 11.1 Å². The Morgan fingerprint density at radius 3 is 2.73 bits per heavy atom. The number of hydrogen-bond donors (Lipinski definition) is 2. The summed E-state index contributed by atoms with van der Waals surface area (Å²) in [4.78, 5) is 16.8. The van der Waals surface area contributed by atoms with E-state index in [2.05, 4.69) is 10.3 Å². The number of carbonyl (C=O) groups is 1. The molecule has 0 radical (unpaired) electrons. The highest BCUT2D eigenvalue weighted by atomic mass is 35.5. The zero-order valence-electron chi connectivity index (χ0n) is 12.4. The number of benzene rings is 1. The van der Waals surface area contributed by atoms with Crippen LogP contribution in [0.3, 0.4) is 0 Å². The van der Waals surface area contributed by atoms with Crippen molar-refractivity contribution in [2.75, 3.05) is 6.54 Å². The quantitative estimate of drug-likeness (QED) is 0.913. The third-order valence-corrected chi connectivity index (χ3v) is 4.63. The van der Waals surface area contributed by atoms with Gasteiger partial charge in [-0.05, 0) is 62.4 Å². The zero-order chi connectivity index (χ0) is 15.5. The van der Waals surface area contributed by atoms with Gasteiger partial charge in [-0.3, -0.25) is 4.79 Å². The van der Waals surface area contributed by atoms with Crippen LogP contribution in [0.5, 0.6) is 0 Å². The number of amides is 1. The van der Waals surface area contributed by atoms with Crippen LogP contribution < -0.4 is 11.1 Å². The van der Waals surface area contributed by atoms with Gasteiger partial charge in [0.15, 0.2) is 0 Å². The highest BCUT2D eigenvalue weighted by molar-refractivity contribution is 6.31. The summed E-state index contributed by atoms with van der Waals surface area (Å²) in [6.45, 7) is 0.745. The summed E-state index contributed by atoms with van der Waals surface area (Å²) in [5.41, 5.74) is 6.93. The third-order valence-electron chi connectivity index (χ3n) is 4.40. The van der Waals surface area contributed by atoms with Crippen LogP contribution in [0, 0.1) is 5.92 Å². The Balaban J connectivity index is 1.68. The second-order valence-electron chi connectivity index (χ2n) is 5.96. The molecule has 4 nitrogen and oxygen atoms in total. The number of rotatable bonds is 3. The standard InChI is InChI=1S/C17H20ClN3O/c18-13-4-8-15-12(9-13)3-7-16(21-15)17(22)20-14-5-1-11(10-19)2-6-14/h3-4,7-9,11,14H,1-2,5-6,10,19H2,(H,20,22)/t11-,14-. The van der Waals surface area contributed by atoms with Gasteiger partial charge in [-0.15, -0.1) is 0 Å². The second-order valence-corrected chi connectivity index (χ2v) is 6.40. The predicted molar refractivity (Wildman–Crippen MR) is 89.0 cm³/mol. The Morgan fingerprint density at radius 2 is 2.00 bits per heavy atom. The largest absolute Gasteiger partial charge is 0.348 e. The SMILES string of the molecule is NC[C@H]1CC[C@H](NC(=O)c2ccc3cc(Cl)ccc3n2)CC1. The Bertz CT molecular complexity index is 681. The Kier molecular flexibility index (Phi) is 4.60. The molecular formula is C17H20ClN3O. The van der Waals surface area contributed by atoms with Gasteiger partial charge in [-0.2, -0.15) is 0 Å². The molecule has 3 rings (SSSR count). The van der Waals surface area contributed by atoms with Crippen molar-refractivity contribution in [3.05, 3.63) is 41.0 Å². The Hall–Kier alpha value is -1.65. The molecule has 1 fully saturated rings. The van der Waals surface area contributed by atoms with E-state index in [1.807, 2.05) is 18.2 Å². The van der Waals surface area contributed by atoms with Crippen molar-refractivity contribution in [1.82, 2.24) is 10.3 Å². The minimum Gasteiger partial charge on any atom is -0.348 e. The molecule has 1 heterocycles. The minimum atomic E-state index is -0.104. The smallest absolute Gasteiger partial charge is 0.270 e. The fourth-order valence-electron chi connectivity index (χ4n) is 3.02. The normalized spacial score (nSPS) is 21.7. The molecule has 1 amide bonds. The maximum absolute atomic E-state index is 12.4. The van der Waals surface area contributed by atoms with Gasteiger partial charge in [0.1, 0.15) is 5.69 Å². The number of fused-ring (bicyclic) bond motifs is 1. The van der Waals surface area contributed by atoms with Crippen LogP contribution in [-0.4, -0.2) is 23.5 Å².